The molecule has 1 aliphatic rings. The second-order valence-electron chi connectivity index (χ2n) is 7.56. The fourth-order valence-corrected chi connectivity index (χ4v) is 4.39. The van der Waals surface area contributed by atoms with Crippen LogP contribution in [0.15, 0.2) is 91.0 Å². The van der Waals surface area contributed by atoms with Crippen molar-refractivity contribution < 1.29 is 0 Å². The largest absolute Gasteiger partial charge is 0.303 e. The summed E-state index contributed by atoms with van der Waals surface area (Å²) in [5.41, 5.74) is 4.25. The number of piperidine rings is 1. The highest BCUT2D eigenvalue weighted by Crippen LogP contribution is 2.41. The van der Waals surface area contributed by atoms with Crippen LogP contribution < -0.4 is 5.32 Å². The predicted molar refractivity (Wildman–Crippen MR) is 109 cm³/mol. The van der Waals surface area contributed by atoms with Gasteiger partial charge in [0.05, 0.1) is 0 Å². The minimum atomic E-state index is 0.392. The van der Waals surface area contributed by atoms with Crippen molar-refractivity contribution in [3.63, 3.8) is 0 Å². The maximum atomic E-state index is 3.95. The lowest BCUT2D eigenvalue weighted by Gasteiger charge is -2.42. The molecule has 4 unspecified atom stereocenters. The van der Waals surface area contributed by atoms with Gasteiger partial charge in [-0.3, -0.25) is 0 Å². The fourth-order valence-electron chi connectivity index (χ4n) is 4.39. The summed E-state index contributed by atoms with van der Waals surface area (Å²) in [6, 6.07) is 33.6. The molecular weight excluding hydrogens is 314 g/mol. The van der Waals surface area contributed by atoms with E-state index in [4.69, 9.17) is 0 Å². The molecule has 4 atom stereocenters. The molecule has 3 aromatic carbocycles. The summed E-state index contributed by atoms with van der Waals surface area (Å²) in [4.78, 5) is 0. The molecule has 132 valence electrons. The van der Waals surface area contributed by atoms with E-state index in [2.05, 4.69) is 103 Å². The fraction of sp³-hybridized carbons (Fsp3) is 0.280. The third kappa shape index (κ3) is 3.73. The first-order chi connectivity index (χ1) is 12.8. The Balaban J connectivity index is 1.64. The van der Waals surface area contributed by atoms with Gasteiger partial charge in [-0.2, -0.15) is 0 Å². The van der Waals surface area contributed by atoms with Crippen molar-refractivity contribution in [2.45, 2.75) is 31.8 Å². The minimum Gasteiger partial charge on any atom is -0.303 e. The molecule has 26 heavy (non-hydrogen) atoms. The Morgan fingerprint density at radius 2 is 1.27 bits per heavy atom. The third-order valence-corrected chi connectivity index (χ3v) is 5.89. The molecule has 3 aromatic rings. The van der Waals surface area contributed by atoms with Gasteiger partial charge in [0, 0.05) is 12.1 Å². The molecular formula is C25H27N. The van der Waals surface area contributed by atoms with Crippen LogP contribution in [-0.2, 0) is 6.42 Å². The molecule has 1 heteroatoms. The Morgan fingerprint density at radius 3 is 1.88 bits per heavy atom. The zero-order valence-electron chi connectivity index (χ0n) is 15.4. The monoisotopic (exact) mass is 341 g/mol. The summed E-state index contributed by atoms with van der Waals surface area (Å²) in [6.07, 6.45) is 2.33. The van der Waals surface area contributed by atoms with E-state index in [9.17, 15) is 0 Å². The molecule has 1 N–H and O–H groups in total. The van der Waals surface area contributed by atoms with Crippen LogP contribution in [0, 0.1) is 11.8 Å². The van der Waals surface area contributed by atoms with Crippen LogP contribution >= 0.6 is 0 Å². The Labute approximate surface area is 157 Å². The Hall–Kier alpha value is -2.38. The van der Waals surface area contributed by atoms with Crippen LogP contribution in [0.5, 0.6) is 0 Å². The maximum absolute atomic E-state index is 3.95. The Kier molecular flexibility index (Phi) is 5.17. The molecule has 1 saturated heterocycles. The normalized spacial score (nSPS) is 25.7. The van der Waals surface area contributed by atoms with E-state index in [1.165, 1.54) is 23.1 Å². The van der Waals surface area contributed by atoms with Crippen LogP contribution in [0.1, 0.15) is 42.1 Å². The van der Waals surface area contributed by atoms with Gasteiger partial charge >= 0.3 is 0 Å². The zero-order chi connectivity index (χ0) is 17.8. The first kappa shape index (κ1) is 17.1. The molecule has 0 aliphatic carbocycles. The average molecular weight is 341 g/mol. The van der Waals surface area contributed by atoms with Crippen LogP contribution in [-0.4, -0.2) is 0 Å². The average Bonchev–Trinajstić information content (AvgIpc) is 2.71. The zero-order valence-corrected chi connectivity index (χ0v) is 15.4. The summed E-state index contributed by atoms with van der Waals surface area (Å²) < 4.78 is 0. The quantitative estimate of drug-likeness (QED) is 0.617. The van der Waals surface area contributed by atoms with E-state index in [1.807, 2.05) is 0 Å². The highest BCUT2D eigenvalue weighted by Gasteiger charge is 2.35. The van der Waals surface area contributed by atoms with Crippen LogP contribution in [0.25, 0.3) is 0 Å². The van der Waals surface area contributed by atoms with E-state index in [1.54, 1.807) is 0 Å². The van der Waals surface area contributed by atoms with Crippen LogP contribution in [0.4, 0.5) is 0 Å². The first-order valence-electron chi connectivity index (χ1n) is 9.71. The SMILES string of the molecule is CC1C(Cc2ccccc2)CC(c2ccccc2)NC1c1ccccc1. The second-order valence-corrected chi connectivity index (χ2v) is 7.56. The molecule has 1 nitrogen and oxygen atoms in total. The molecule has 0 radical (unpaired) electrons. The molecule has 0 saturated carbocycles. The van der Waals surface area contributed by atoms with E-state index in [0.29, 0.717) is 23.9 Å². The summed E-state index contributed by atoms with van der Waals surface area (Å²) in [5, 5.41) is 3.95. The van der Waals surface area contributed by atoms with Crippen molar-refractivity contribution in [1.29, 1.82) is 0 Å². The summed E-state index contributed by atoms with van der Waals surface area (Å²) in [5.74, 6) is 1.26. The van der Waals surface area contributed by atoms with Gasteiger partial charge in [0.25, 0.3) is 0 Å². The summed E-state index contributed by atoms with van der Waals surface area (Å²) >= 11 is 0. The summed E-state index contributed by atoms with van der Waals surface area (Å²) in [6.45, 7) is 2.42. The van der Waals surface area contributed by atoms with E-state index >= 15 is 0 Å². The lowest BCUT2D eigenvalue weighted by molar-refractivity contribution is 0.162. The number of benzene rings is 3. The lowest BCUT2D eigenvalue weighted by atomic mass is 9.73. The highest BCUT2D eigenvalue weighted by molar-refractivity contribution is 5.26. The van der Waals surface area contributed by atoms with Gasteiger partial charge in [0.15, 0.2) is 0 Å². The predicted octanol–water partition coefficient (Wildman–Crippen LogP) is 5.96. The van der Waals surface area contributed by atoms with Gasteiger partial charge in [0.2, 0.25) is 0 Å². The number of nitrogens with one attached hydrogen (secondary N) is 1. The van der Waals surface area contributed by atoms with Crippen molar-refractivity contribution in [2.24, 2.45) is 11.8 Å². The van der Waals surface area contributed by atoms with Crippen molar-refractivity contribution in [1.82, 2.24) is 5.32 Å². The standard InChI is InChI=1S/C25H27N/c1-19-23(17-20-11-5-2-6-12-20)18-24(21-13-7-3-8-14-21)26-25(19)22-15-9-4-10-16-22/h2-16,19,23-26H,17-18H2,1H3. The van der Waals surface area contributed by atoms with Gasteiger partial charge in [-0.15, -0.1) is 0 Å². The van der Waals surface area contributed by atoms with Crippen molar-refractivity contribution in [3.05, 3.63) is 108 Å². The lowest BCUT2D eigenvalue weighted by Crippen LogP contribution is -2.41. The first-order valence-corrected chi connectivity index (χ1v) is 9.71. The van der Waals surface area contributed by atoms with Gasteiger partial charge in [0.1, 0.15) is 0 Å². The van der Waals surface area contributed by atoms with Gasteiger partial charge < -0.3 is 5.32 Å². The van der Waals surface area contributed by atoms with Crippen LogP contribution in [0.2, 0.25) is 0 Å². The number of hydrogen-bond donors (Lipinski definition) is 1. The molecule has 0 spiro atoms. The topological polar surface area (TPSA) is 12.0 Å². The molecule has 0 bridgehead atoms. The van der Waals surface area contributed by atoms with Gasteiger partial charge in [-0.1, -0.05) is 97.9 Å². The van der Waals surface area contributed by atoms with E-state index in [-0.39, 0.29) is 0 Å². The molecule has 1 fully saturated rings. The summed E-state index contributed by atoms with van der Waals surface area (Å²) in [7, 11) is 0. The van der Waals surface area contributed by atoms with Crippen LogP contribution in [0.3, 0.4) is 0 Å². The van der Waals surface area contributed by atoms with Crippen molar-refractivity contribution in [2.75, 3.05) is 0 Å². The molecule has 4 rings (SSSR count). The Morgan fingerprint density at radius 1 is 0.731 bits per heavy atom. The molecule has 1 heterocycles. The molecule has 0 amide bonds. The van der Waals surface area contributed by atoms with E-state index in [0.717, 1.165) is 6.42 Å². The maximum Gasteiger partial charge on any atom is 0.0354 e. The van der Waals surface area contributed by atoms with Crippen molar-refractivity contribution >= 4 is 0 Å². The second kappa shape index (κ2) is 7.88. The highest BCUT2D eigenvalue weighted by atomic mass is 15.0. The number of rotatable bonds is 4. The smallest absolute Gasteiger partial charge is 0.0354 e. The van der Waals surface area contributed by atoms with Gasteiger partial charge in [-0.25, -0.2) is 0 Å². The minimum absolute atomic E-state index is 0.392. The van der Waals surface area contributed by atoms with Crippen molar-refractivity contribution in [3.8, 4) is 0 Å². The molecule has 0 aromatic heterocycles. The van der Waals surface area contributed by atoms with Gasteiger partial charge in [-0.05, 0) is 41.4 Å². The Bertz CT molecular complexity index is 797. The molecule has 1 aliphatic heterocycles. The third-order valence-electron chi connectivity index (χ3n) is 5.89. The number of hydrogen-bond acceptors (Lipinski definition) is 1. The van der Waals surface area contributed by atoms with E-state index < -0.39 is 0 Å².